The van der Waals surface area contributed by atoms with Gasteiger partial charge in [-0.1, -0.05) is 44.2 Å². The predicted octanol–water partition coefficient (Wildman–Crippen LogP) is 1.73. The first-order valence-electron chi connectivity index (χ1n) is 9.78. The van der Waals surface area contributed by atoms with Crippen LogP contribution >= 0.6 is 0 Å². The number of piperazine rings is 1. The highest BCUT2D eigenvalue weighted by Gasteiger charge is 2.30. The maximum absolute atomic E-state index is 12.9. The monoisotopic (exact) mass is 395 g/mol. The van der Waals surface area contributed by atoms with Crippen LogP contribution in [0.5, 0.6) is 0 Å². The van der Waals surface area contributed by atoms with Gasteiger partial charge in [0.05, 0.1) is 5.75 Å². The number of rotatable bonds is 9. The fourth-order valence-corrected chi connectivity index (χ4v) is 4.58. The average molecular weight is 396 g/mol. The van der Waals surface area contributed by atoms with Crippen molar-refractivity contribution in [3.05, 3.63) is 35.9 Å². The highest BCUT2D eigenvalue weighted by Crippen LogP contribution is 2.12. The topological polar surface area (TPSA) is 69.7 Å². The Kier molecular flexibility index (Phi) is 8.26. The Bertz CT molecular complexity index is 684. The van der Waals surface area contributed by atoms with E-state index in [9.17, 15) is 13.2 Å². The molecule has 1 saturated heterocycles. The minimum Gasteiger partial charge on any atom is -0.339 e. The lowest BCUT2D eigenvalue weighted by molar-refractivity contribution is -0.135. The fraction of sp³-hybridized carbons (Fsp3) is 0.650. The van der Waals surface area contributed by atoms with Gasteiger partial charge >= 0.3 is 0 Å². The molecule has 152 valence electrons. The van der Waals surface area contributed by atoms with Crippen LogP contribution in [0.15, 0.2) is 30.3 Å². The quantitative estimate of drug-likeness (QED) is 0.691. The molecular formula is C20H33N3O3S. The number of benzene rings is 1. The maximum atomic E-state index is 12.9. The fourth-order valence-electron chi connectivity index (χ4n) is 3.30. The molecule has 0 aliphatic carbocycles. The van der Waals surface area contributed by atoms with Gasteiger partial charge in [0, 0.05) is 26.2 Å². The Morgan fingerprint density at radius 1 is 1.11 bits per heavy atom. The number of sulfonamides is 1. The molecule has 1 fully saturated rings. The highest BCUT2D eigenvalue weighted by molar-refractivity contribution is 7.89. The van der Waals surface area contributed by atoms with Gasteiger partial charge in [-0.2, -0.15) is 0 Å². The van der Waals surface area contributed by atoms with E-state index in [-0.39, 0.29) is 17.6 Å². The number of hydrogen-bond acceptors (Lipinski definition) is 4. The Balaban J connectivity index is 1.93. The zero-order valence-electron chi connectivity index (χ0n) is 16.7. The second-order valence-electron chi connectivity index (χ2n) is 7.84. The maximum Gasteiger partial charge on any atom is 0.240 e. The largest absolute Gasteiger partial charge is 0.339 e. The van der Waals surface area contributed by atoms with Gasteiger partial charge in [0.25, 0.3) is 0 Å². The first-order chi connectivity index (χ1) is 12.8. The van der Waals surface area contributed by atoms with Gasteiger partial charge < -0.3 is 9.80 Å². The Morgan fingerprint density at radius 3 is 2.33 bits per heavy atom. The van der Waals surface area contributed by atoms with Crippen LogP contribution in [0.3, 0.4) is 0 Å². The molecule has 1 amide bonds. The van der Waals surface area contributed by atoms with Crippen LogP contribution in [0, 0.1) is 5.92 Å². The van der Waals surface area contributed by atoms with E-state index in [0.717, 1.165) is 18.7 Å². The van der Waals surface area contributed by atoms with Crippen molar-refractivity contribution in [2.24, 2.45) is 5.92 Å². The van der Waals surface area contributed by atoms with Crippen LogP contribution in [0.4, 0.5) is 0 Å². The van der Waals surface area contributed by atoms with Crippen molar-refractivity contribution in [3.8, 4) is 0 Å². The molecular weight excluding hydrogens is 362 g/mol. The highest BCUT2D eigenvalue weighted by atomic mass is 32.2. The van der Waals surface area contributed by atoms with Crippen molar-refractivity contribution in [1.29, 1.82) is 0 Å². The van der Waals surface area contributed by atoms with Gasteiger partial charge in [0.1, 0.15) is 6.04 Å². The third kappa shape index (κ3) is 7.60. The average Bonchev–Trinajstić information content (AvgIpc) is 2.61. The Morgan fingerprint density at radius 2 is 1.74 bits per heavy atom. The molecule has 1 atom stereocenters. The molecule has 0 radical (unpaired) electrons. The van der Waals surface area contributed by atoms with E-state index in [0.29, 0.717) is 32.4 Å². The lowest BCUT2D eigenvalue weighted by atomic mass is 10.0. The molecule has 1 aromatic rings. The molecule has 1 aliphatic rings. The van der Waals surface area contributed by atoms with E-state index in [4.69, 9.17) is 0 Å². The standard InChI is InChI=1S/C20H33N3O3S/c1-17(2)16-19(20(24)23-13-11-22(3)12-14-23)21-27(25,26)15-7-10-18-8-5-4-6-9-18/h4-6,8-9,17,19,21H,7,10-16H2,1-3H3/t19-/m0/s1. The molecule has 6 nitrogen and oxygen atoms in total. The van der Waals surface area contributed by atoms with Gasteiger partial charge in [0.15, 0.2) is 0 Å². The summed E-state index contributed by atoms with van der Waals surface area (Å²) in [6.07, 6.45) is 1.77. The van der Waals surface area contributed by atoms with E-state index in [1.807, 2.05) is 51.2 Å². The zero-order chi connectivity index (χ0) is 19.9. The lowest BCUT2D eigenvalue weighted by Gasteiger charge is -2.35. The van der Waals surface area contributed by atoms with Crippen molar-refractivity contribution in [3.63, 3.8) is 0 Å². The number of carbonyl (C=O) groups excluding carboxylic acids is 1. The van der Waals surface area contributed by atoms with Crippen molar-refractivity contribution >= 4 is 15.9 Å². The molecule has 1 aliphatic heterocycles. The molecule has 1 N–H and O–H groups in total. The molecule has 0 unspecified atom stereocenters. The first kappa shape index (κ1) is 21.9. The number of nitrogens with zero attached hydrogens (tertiary/aromatic N) is 2. The van der Waals surface area contributed by atoms with E-state index < -0.39 is 16.1 Å². The van der Waals surface area contributed by atoms with Gasteiger partial charge in [-0.15, -0.1) is 0 Å². The van der Waals surface area contributed by atoms with Crippen LogP contribution < -0.4 is 4.72 Å². The molecule has 27 heavy (non-hydrogen) atoms. The molecule has 2 rings (SSSR count). The summed E-state index contributed by atoms with van der Waals surface area (Å²) < 4.78 is 27.8. The molecule has 0 spiro atoms. The van der Waals surface area contributed by atoms with Gasteiger partial charge in [-0.25, -0.2) is 13.1 Å². The number of aryl methyl sites for hydroxylation is 1. The minimum atomic E-state index is -3.50. The summed E-state index contributed by atoms with van der Waals surface area (Å²) in [5.74, 6) is 0.175. The summed E-state index contributed by atoms with van der Waals surface area (Å²) in [5, 5.41) is 0. The van der Waals surface area contributed by atoms with Crippen LogP contribution in [0.25, 0.3) is 0 Å². The summed E-state index contributed by atoms with van der Waals surface area (Å²) in [4.78, 5) is 16.9. The van der Waals surface area contributed by atoms with E-state index in [2.05, 4.69) is 9.62 Å². The van der Waals surface area contributed by atoms with Crippen LogP contribution in [-0.4, -0.2) is 69.1 Å². The third-order valence-corrected chi connectivity index (χ3v) is 6.33. The number of carbonyl (C=O) groups is 1. The lowest BCUT2D eigenvalue weighted by Crippen LogP contribution is -2.54. The van der Waals surface area contributed by atoms with Crippen LogP contribution in [0.2, 0.25) is 0 Å². The molecule has 7 heteroatoms. The number of likely N-dealkylation sites (N-methyl/N-ethyl adjacent to an activating group) is 1. The number of amides is 1. The van der Waals surface area contributed by atoms with Crippen molar-refractivity contribution in [1.82, 2.24) is 14.5 Å². The normalized spacial score (nSPS) is 17.3. The molecule has 0 aromatic heterocycles. The van der Waals surface area contributed by atoms with Crippen LogP contribution in [0.1, 0.15) is 32.3 Å². The summed E-state index contributed by atoms with van der Waals surface area (Å²) in [7, 11) is -1.47. The Labute approximate surface area is 164 Å². The predicted molar refractivity (Wildman–Crippen MR) is 109 cm³/mol. The zero-order valence-corrected chi connectivity index (χ0v) is 17.5. The van der Waals surface area contributed by atoms with Crippen molar-refractivity contribution in [2.75, 3.05) is 39.0 Å². The SMILES string of the molecule is CC(C)C[C@H](NS(=O)(=O)CCCc1ccccc1)C(=O)N1CCN(C)CC1. The van der Waals surface area contributed by atoms with E-state index >= 15 is 0 Å². The van der Waals surface area contributed by atoms with E-state index in [1.165, 1.54) is 0 Å². The van der Waals surface area contributed by atoms with Gasteiger partial charge in [0.2, 0.25) is 15.9 Å². The van der Waals surface area contributed by atoms with Crippen LogP contribution in [-0.2, 0) is 21.2 Å². The molecule has 0 bridgehead atoms. The number of hydrogen-bond donors (Lipinski definition) is 1. The number of nitrogens with one attached hydrogen (secondary N) is 1. The summed E-state index contributed by atoms with van der Waals surface area (Å²) in [6.45, 7) is 6.97. The summed E-state index contributed by atoms with van der Waals surface area (Å²) in [5.41, 5.74) is 1.12. The second-order valence-corrected chi connectivity index (χ2v) is 9.71. The van der Waals surface area contributed by atoms with Gasteiger partial charge in [-0.05, 0) is 37.8 Å². The molecule has 1 aromatic carbocycles. The summed E-state index contributed by atoms with van der Waals surface area (Å²) in [6, 6.07) is 9.18. The summed E-state index contributed by atoms with van der Waals surface area (Å²) >= 11 is 0. The minimum absolute atomic E-state index is 0.0342. The van der Waals surface area contributed by atoms with Crippen molar-refractivity contribution in [2.45, 2.75) is 39.2 Å². The third-order valence-electron chi connectivity index (χ3n) is 4.86. The smallest absolute Gasteiger partial charge is 0.240 e. The first-order valence-corrected chi connectivity index (χ1v) is 11.4. The Hall–Kier alpha value is -1.44. The molecule has 0 saturated carbocycles. The molecule has 1 heterocycles. The van der Waals surface area contributed by atoms with Gasteiger partial charge in [-0.3, -0.25) is 4.79 Å². The van der Waals surface area contributed by atoms with Crippen molar-refractivity contribution < 1.29 is 13.2 Å². The second kappa shape index (κ2) is 10.2. The van der Waals surface area contributed by atoms with E-state index in [1.54, 1.807) is 4.90 Å².